The van der Waals surface area contributed by atoms with Crippen LogP contribution in [0.1, 0.15) is 16.7 Å². The lowest BCUT2D eigenvalue weighted by atomic mass is 10.1. The van der Waals surface area contributed by atoms with Gasteiger partial charge in [-0.05, 0) is 37.6 Å². The zero-order chi connectivity index (χ0) is 19.2. The first-order chi connectivity index (χ1) is 11.5. The third kappa shape index (κ3) is 7.42. The maximum atomic E-state index is 12.3. The molecule has 0 aromatic heterocycles. The van der Waals surface area contributed by atoms with Crippen molar-refractivity contribution >= 4 is 11.9 Å². The van der Waals surface area contributed by atoms with Gasteiger partial charge in [-0.1, -0.05) is 12.1 Å². The summed E-state index contributed by atoms with van der Waals surface area (Å²) in [7, 11) is 3.10. The highest BCUT2D eigenvalue weighted by Crippen LogP contribution is 2.27. The van der Waals surface area contributed by atoms with Crippen molar-refractivity contribution in [1.82, 2.24) is 15.5 Å². The van der Waals surface area contributed by atoms with Crippen molar-refractivity contribution < 1.29 is 27.5 Å². The molecule has 0 radical (unpaired) electrons. The van der Waals surface area contributed by atoms with E-state index in [-0.39, 0.29) is 12.3 Å². The standard InChI is InChI=1S/C16H22F3N3O3/c1-10-5-12(6-11(2)14(10)25-9-16(17,18)19)7-22(4)8-13(23)21-15(24)20-3/h5-6H,7-9H2,1-4H3,(H2,20,21,23,24). The minimum Gasteiger partial charge on any atom is -0.484 e. The van der Waals surface area contributed by atoms with Crippen molar-refractivity contribution in [1.29, 1.82) is 0 Å². The van der Waals surface area contributed by atoms with Crippen LogP contribution in [0.3, 0.4) is 0 Å². The number of benzene rings is 1. The van der Waals surface area contributed by atoms with E-state index in [0.29, 0.717) is 17.7 Å². The van der Waals surface area contributed by atoms with Crippen molar-refractivity contribution in [2.75, 3.05) is 27.2 Å². The molecule has 0 aliphatic heterocycles. The van der Waals surface area contributed by atoms with Crippen molar-refractivity contribution in [2.24, 2.45) is 0 Å². The number of hydrogen-bond donors (Lipinski definition) is 2. The van der Waals surface area contributed by atoms with Crippen LogP contribution in [0.4, 0.5) is 18.0 Å². The molecule has 3 amide bonds. The van der Waals surface area contributed by atoms with Gasteiger partial charge in [0, 0.05) is 13.6 Å². The molecule has 0 saturated carbocycles. The molecule has 2 N–H and O–H groups in total. The summed E-state index contributed by atoms with van der Waals surface area (Å²) in [5, 5.41) is 4.43. The molecule has 140 valence electrons. The lowest BCUT2D eigenvalue weighted by molar-refractivity contribution is -0.153. The molecule has 0 aliphatic rings. The van der Waals surface area contributed by atoms with Gasteiger partial charge >= 0.3 is 12.2 Å². The monoisotopic (exact) mass is 361 g/mol. The molecule has 1 rings (SSSR count). The van der Waals surface area contributed by atoms with Crippen LogP contribution in [-0.2, 0) is 11.3 Å². The SMILES string of the molecule is CNC(=O)NC(=O)CN(C)Cc1cc(C)c(OCC(F)(F)F)c(C)c1. The minimum absolute atomic E-state index is 0.00214. The van der Waals surface area contributed by atoms with Gasteiger partial charge in [0.15, 0.2) is 6.61 Å². The first kappa shape index (κ1) is 20.8. The van der Waals surface area contributed by atoms with E-state index in [2.05, 4.69) is 10.6 Å². The Morgan fingerprint density at radius 3 is 2.24 bits per heavy atom. The Labute approximate surface area is 144 Å². The number of carbonyl (C=O) groups excluding carboxylic acids is 2. The molecule has 25 heavy (non-hydrogen) atoms. The van der Waals surface area contributed by atoms with E-state index in [1.54, 1.807) is 37.9 Å². The van der Waals surface area contributed by atoms with Gasteiger partial charge in [-0.3, -0.25) is 15.0 Å². The smallest absolute Gasteiger partial charge is 0.422 e. The van der Waals surface area contributed by atoms with E-state index in [9.17, 15) is 22.8 Å². The highest BCUT2D eigenvalue weighted by molar-refractivity contribution is 5.95. The summed E-state index contributed by atoms with van der Waals surface area (Å²) in [5.74, 6) is -0.249. The third-order valence-electron chi connectivity index (χ3n) is 3.25. The Bertz CT molecular complexity index is 610. The first-order valence-electron chi connectivity index (χ1n) is 7.51. The Kier molecular flexibility index (Phi) is 7.22. The number of amides is 3. The van der Waals surface area contributed by atoms with Crippen LogP contribution in [0.2, 0.25) is 0 Å². The van der Waals surface area contributed by atoms with E-state index >= 15 is 0 Å². The van der Waals surface area contributed by atoms with Crippen LogP contribution in [0, 0.1) is 13.8 Å². The normalized spacial score (nSPS) is 11.4. The molecule has 6 nitrogen and oxygen atoms in total. The predicted octanol–water partition coefficient (Wildman–Crippen LogP) is 2.13. The number of alkyl halides is 3. The van der Waals surface area contributed by atoms with Crippen LogP contribution in [0.25, 0.3) is 0 Å². The van der Waals surface area contributed by atoms with Crippen LogP contribution >= 0.6 is 0 Å². The minimum atomic E-state index is -4.39. The van der Waals surface area contributed by atoms with Crippen molar-refractivity contribution in [3.8, 4) is 5.75 Å². The van der Waals surface area contributed by atoms with Gasteiger partial charge in [-0.25, -0.2) is 4.79 Å². The number of imide groups is 1. The molecule has 0 aliphatic carbocycles. The molecule has 0 fully saturated rings. The fourth-order valence-electron chi connectivity index (χ4n) is 2.35. The zero-order valence-corrected chi connectivity index (χ0v) is 14.6. The number of likely N-dealkylation sites (N-methyl/N-ethyl adjacent to an activating group) is 1. The van der Waals surface area contributed by atoms with E-state index in [0.717, 1.165) is 5.56 Å². The quantitative estimate of drug-likeness (QED) is 0.814. The second kappa shape index (κ2) is 8.70. The first-order valence-corrected chi connectivity index (χ1v) is 7.51. The van der Waals surface area contributed by atoms with Gasteiger partial charge < -0.3 is 10.1 Å². The highest BCUT2D eigenvalue weighted by atomic mass is 19.4. The van der Waals surface area contributed by atoms with Gasteiger partial charge in [-0.15, -0.1) is 0 Å². The Balaban J connectivity index is 2.71. The number of nitrogens with zero attached hydrogens (tertiary/aromatic N) is 1. The average Bonchev–Trinajstić information content (AvgIpc) is 2.44. The summed E-state index contributed by atoms with van der Waals surface area (Å²) < 4.78 is 41.8. The van der Waals surface area contributed by atoms with Crippen LogP contribution < -0.4 is 15.4 Å². The van der Waals surface area contributed by atoms with Gasteiger partial charge in [0.2, 0.25) is 5.91 Å². The maximum absolute atomic E-state index is 12.3. The number of carbonyl (C=O) groups is 2. The van der Waals surface area contributed by atoms with Gasteiger partial charge in [-0.2, -0.15) is 13.2 Å². The van der Waals surface area contributed by atoms with Crippen LogP contribution in [-0.4, -0.2) is 50.3 Å². The molecule has 0 spiro atoms. The number of aryl methyl sites for hydroxylation is 2. The number of urea groups is 1. The number of rotatable bonds is 6. The van der Waals surface area contributed by atoms with E-state index < -0.39 is 24.7 Å². The molecule has 1 aromatic carbocycles. The molecule has 0 unspecified atom stereocenters. The molecular weight excluding hydrogens is 339 g/mol. The number of hydrogen-bond acceptors (Lipinski definition) is 4. The fraction of sp³-hybridized carbons (Fsp3) is 0.500. The van der Waals surface area contributed by atoms with Gasteiger partial charge in [0.05, 0.1) is 6.54 Å². The van der Waals surface area contributed by atoms with E-state index in [1.807, 2.05) is 0 Å². The number of nitrogens with one attached hydrogen (secondary N) is 2. The van der Waals surface area contributed by atoms with Crippen molar-refractivity contribution in [2.45, 2.75) is 26.6 Å². The van der Waals surface area contributed by atoms with E-state index in [1.165, 1.54) is 7.05 Å². The molecule has 1 aromatic rings. The molecule has 0 bridgehead atoms. The van der Waals surface area contributed by atoms with Crippen LogP contribution in [0.15, 0.2) is 12.1 Å². The summed E-state index contributed by atoms with van der Waals surface area (Å²) in [6, 6.07) is 2.84. The summed E-state index contributed by atoms with van der Waals surface area (Å²) in [6.45, 7) is 2.38. The largest absolute Gasteiger partial charge is 0.484 e. The molecule has 0 atom stereocenters. The molecule has 0 saturated heterocycles. The molecule has 9 heteroatoms. The maximum Gasteiger partial charge on any atom is 0.422 e. The molecule has 0 heterocycles. The van der Waals surface area contributed by atoms with Crippen molar-refractivity contribution in [3.63, 3.8) is 0 Å². The molecular formula is C16H22F3N3O3. The third-order valence-corrected chi connectivity index (χ3v) is 3.25. The van der Waals surface area contributed by atoms with Crippen LogP contribution in [0.5, 0.6) is 5.75 Å². The Hall–Kier alpha value is -2.29. The summed E-state index contributed by atoms with van der Waals surface area (Å²) >= 11 is 0. The van der Waals surface area contributed by atoms with E-state index in [4.69, 9.17) is 4.74 Å². The summed E-state index contributed by atoms with van der Waals surface area (Å²) in [4.78, 5) is 24.4. The Morgan fingerprint density at radius 1 is 1.20 bits per heavy atom. The lowest BCUT2D eigenvalue weighted by Crippen LogP contribution is -2.42. The Morgan fingerprint density at radius 2 is 1.76 bits per heavy atom. The van der Waals surface area contributed by atoms with Gasteiger partial charge in [0.1, 0.15) is 5.75 Å². The lowest BCUT2D eigenvalue weighted by Gasteiger charge is -2.19. The van der Waals surface area contributed by atoms with Crippen molar-refractivity contribution in [3.05, 3.63) is 28.8 Å². The topological polar surface area (TPSA) is 70.7 Å². The average molecular weight is 361 g/mol. The second-order valence-corrected chi connectivity index (χ2v) is 5.76. The highest BCUT2D eigenvalue weighted by Gasteiger charge is 2.29. The van der Waals surface area contributed by atoms with Gasteiger partial charge in [0.25, 0.3) is 0 Å². The second-order valence-electron chi connectivity index (χ2n) is 5.76. The fourth-order valence-corrected chi connectivity index (χ4v) is 2.35. The summed E-state index contributed by atoms with van der Waals surface area (Å²) in [6.07, 6.45) is -4.39. The summed E-state index contributed by atoms with van der Waals surface area (Å²) in [5.41, 5.74) is 1.99. The number of halogens is 3. The predicted molar refractivity (Wildman–Crippen MR) is 86.4 cm³/mol. The zero-order valence-electron chi connectivity index (χ0n) is 14.6. The number of ether oxygens (including phenoxy) is 1.